The molecular formula is C12H23ClN2O. The van der Waals surface area contributed by atoms with Crippen molar-refractivity contribution in [3.63, 3.8) is 0 Å². The molecule has 1 aliphatic carbocycles. The van der Waals surface area contributed by atoms with Gasteiger partial charge in [-0.25, -0.2) is 0 Å². The predicted octanol–water partition coefficient (Wildman–Crippen LogP) is 1.94. The van der Waals surface area contributed by atoms with Crippen molar-refractivity contribution in [2.75, 3.05) is 13.1 Å². The second-order valence-corrected chi connectivity index (χ2v) is 5.97. The molecule has 2 aliphatic rings. The van der Waals surface area contributed by atoms with Crippen molar-refractivity contribution >= 4 is 18.3 Å². The lowest BCUT2D eigenvalue weighted by atomic mass is 9.85. The number of nitrogens with two attached hydrogens (primary N) is 1. The quantitative estimate of drug-likeness (QED) is 0.769. The smallest absolute Gasteiger partial charge is 0.242 e. The van der Waals surface area contributed by atoms with Crippen LogP contribution < -0.4 is 5.73 Å². The first-order valence-corrected chi connectivity index (χ1v) is 6.01. The largest absolute Gasteiger partial charge is 0.341 e. The maximum Gasteiger partial charge on any atom is 0.242 e. The second-order valence-electron chi connectivity index (χ2n) is 5.97. The minimum Gasteiger partial charge on any atom is -0.341 e. The Kier molecular flexibility index (Phi) is 3.91. The highest BCUT2D eigenvalue weighted by Crippen LogP contribution is 2.36. The fourth-order valence-corrected chi connectivity index (χ4v) is 2.29. The molecule has 1 saturated heterocycles. The molecule has 0 aromatic rings. The third-order valence-electron chi connectivity index (χ3n) is 3.84. The summed E-state index contributed by atoms with van der Waals surface area (Å²) in [5, 5.41) is 0. The molecule has 0 aromatic carbocycles. The van der Waals surface area contributed by atoms with Gasteiger partial charge in [-0.15, -0.1) is 12.4 Å². The van der Waals surface area contributed by atoms with E-state index in [4.69, 9.17) is 5.73 Å². The molecule has 1 aliphatic heterocycles. The van der Waals surface area contributed by atoms with Crippen LogP contribution in [0.2, 0.25) is 0 Å². The molecule has 2 N–H and O–H groups in total. The van der Waals surface area contributed by atoms with Crippen LogP contribution in [0.15, 0.2) is 0 Å². The van der Waals surface area contributed by atoms with E-state index in [0.717, 1.165) is 38.8 Å². The average molecular weight is 247 g/mol. The van der Waals surface area contributed by atoms with Crippen LogP contribution >= 0.6 is 12.4 Å². The van der Waals surface area contributed by atoms with Crippen LogP contribution in [0.25, 0.3) is 0 Å². The van der Waals surface area contributed by atoms with Gasteiger partial charge < -0.3 is 10.6 Å². The summed E-state index contributed by atoms with van der Waals surface area (Å²) in [5.41, 5.74) is 5.86. The maximum absolute atomic E-state index is 12.0. The van der Waals surface area contributed by atoms with E-state index >= 15 is 0 Å². The Hall–Kier alpha value is -0.280. The summed E-state index contributed by atoms with van der Waals surface area (Å²) in [4.78, 5) is 14.0. The molecule has 0 bridgehead atoms. The summed E-state index contributed by atoms with van der Waals surface area (Å²) in [6.45, 7) is 6.37. The Morgan fingerprint density at radius 1 is 1.12 bits per heavy atom. The van der Waals surface area contributed by atoms with Gasteiger partial charge in [0, 0.05) is 13.1 Å². The highest BCUT2D eigenvalue weighted by Gasteiger charge is 2.48. The van der Waals surface area contributed by atoms with E-state index in [-0.39, 0.29) is 18.3 Å². The fraction of sp³-hybridized carbons (Fsp3) is 0.917. The first-order valence-electron chi connectivity index (χ1n) is 6.01. The molecular weight excluding hydrogens is 224 g/mol. The normalized spacial score (nSPS) is 26.6. The minimum absolute atomic E-state index is 0. The first kappa shape index (κ1) is 13.8. The average Bonchev–Trinajstić information content (AvgIpc) is 2.91. The highest BCUT2D eigenvalue weighted by atomic mass is 35.5. The lowest BCUT2D eigenvalue weighted by Gasteiger charge is -2.25. The summed E-state index contributed by atoms with van der Waals surface area (Å²) >= 11 is 0. The van der Waals surface area contributed by atoms with Crippen molar-refractivity contribution < 1.29 is 4.79 Å². The summed E-state index contributed by atoms with van der Waals surface area (Å²) in [5.74, 6) is 0.195. The Morgan fingerprint density at radius 3 is 2.31 bits per heavy atom. The van der Waals surface area contributed by atoms with Gasteiger partial charge in [0.15, 0.2) is 0 Å². The molecule has 1 amide bonds. The molecule has 0 aromatic heterocycles. The van der Waals surface area contributed by atoms with Gasteiger partial charge in [0.1, 0.15) is 0 Å². The highest BCUT2D eigenvalue weighted by molar-refractivity contribution is 5.89. The number of carbonyl (C=O) groups is 1. The summed E-state index contributed by atoms with van der Waals surface area (Å²) in [7, 11) is 0. The number of carbonyl (C=O) groups excluding carboxylic acids is 1. The number of likely N-dealkylation sites (tertiary alicyclic amines) is 1. The van der Waals surface area contributed by atoms with Crippen LogP contribution in [0.4, 0.5) is 0 Å². The third-order valence-corrected chi connectivity index (χ3v) is 3.84. The molecule has 0 atom stereocenters. The van der Waals surface area contributed by atoms with Gasteiger partial charge in [-0.3, -0.25) is 4.79 Å². The van der Waals surface area contributed by atoms with E-state index < -0.39 is 5.54 Å². The van der Waals surface area contributed by atoms with Gasteiger partial charge >= 0.3 is 0 Å². The third kappa shape index (κ3) is 2.89. The molecule has 1 heterocycles. The van der Waals surface area contributed by atoms with E-state index in [2.05, 4.69) is 13.8 Å². The van der Waals surface area contributed by atoms with Crippen molar-refractivity contribution in [3.05, 3.63) is 0 Å². The van der Waals surface area contributed by atoms with E-state index in [1.807, 2.05) is 4.90 Å². The van der Waals surface area contributed by atoms with Crippen molar-refractivity contribution in [3.8, 4) is 0 Å². The molecule has 16 heavy (non-hydrogen) atoms. The standard InChI is InChI=1S/C12H22N2O.ClH/c1-11(2)4-3-8-14(9-7-11)10(15)12(13)5-6-12;/h3-9,13H2,1-2H3;1H. The Morgan fingerprint density at radius 2 is 1.75 bits per heavy atom. The second kappa shape index (κ2) is 4.53. The van der Waals surface area contributed by atoms with Crippen molar-refractivity contribution in [1.82, 2.24) is 4.90 Å². The Labute approximate surface area is 104 Å². The van der Waals surface area contributed by atoms with Gasteiger partial charge in [0.25, 0.3) is 0 Å². The van der Waals surface area contributed by atoms with Gasteiger partial charge in [-0.2, -0.15) is 0 Å². The lowest BCUT2D eigenvalue weighted by Crippen LogP contribution is -2.46. The van der Waals surface area contributed by atoms with E-state index in [0.29, 0.717) is 5.41 Å². The zero-order chi connectivity index (χ0) is 11.1. The van der Waals surface area contributed by atoms with Crippen molar-refractivity contribution in [1.29, 1.82) is 0 Å². The zero-order valence-corrected chi connectivity index (χ0v) is 11.1. The molecule has 0 unspecified atom stereocenters. The van der Waals surface area contributed by atoms with E-state index in [1.54, 1.807) is 0 Å². The monoisotopic (exact) mass is 246 g/mol. The predicted molar refractivity (Wildman–Crippen MR) is 67.6 cm³/mol. The molecule has 0 radical (unpaired) electrons. The lowest BCUT2D eigenvalue weighted by molar-refractivity contribution is -0.133. The molecule has 94 valence electrons. The van der Waals surface area contributed by atoms with Crippen LogP contribution in [0.3, 0.4) is 0 Å². The van der Waals surface area contributed by atoms with Crippen LogP contribution in [0.1, 0.15) is 46.0 Å². The van der Waals surface area contributed by atoms with Crippen molar-refractivity contribution in [2.24, 2.45) is 11.1 Å². The number of halogens is 1. The Bertz CT molecular complexity index is 274. The zero-order valence-electron chi connectivity index (χ0n) is 10.3. The summed E-state index contributed by atoms with van der Waals surface area (Å²) < 4.78 is 0. The van der Waals surface area contributed by atoms with E-state index in [9.17, 15) is 4.79 Å². The number of nitrogens with zero attached hydrogens (tertiary/aromatic N) is 1. The minimum atomic E-state index is -0.478. The molecule has 3 nitrogen and oxygen atoms in total. The molecule has 2 fully saturated rings. The molecule has 1 saturated carbocycles. The number of amides is 1. The molecule has 4 heteroatoms. The molecule has 2 rings (SSSR count). The van der Waals surface area contributed by atoms with Gasteiger partial charge in [0.05, 0.1) is 5.54 Å². The van der Waals surface area contributed by atoms with Gasteiger partial charge in [-0.1, -0.05) is 13.8 Å². The first-order chi connectivity index (χ1) is 6.93. The van der Waals surface area contributed by atoms with E-state index in [1.165, 1.54) is 6.42 Å². The van der Waals surface area contributed by atoms with Crippen molar-refractivity contribution in [2.45, 2.75) is 51.5 Å². The van der Waals surface area contributed by atoms with Crippen LogP contribution in [-0.2, 0) is 4.79 Å². The maximum atomic E-state index is 12.0. The SMILES string of the molecule is CC1(C)CCCN(C(=O)C2(N)CC2)CC1.Cl. The summed E-state index contributed by atoms with van der Waals surface area (Å²) in [6, 6.07) is 0. The van der Waals surface area contributed by atoms with Crippen LogP contribution in [0.5, 0.6) is 0 Å². The number of hydrogen-bond acceptors (Lipinski definition) is 2. The summed E-state index contributed by atoms with van der Waals surface area (Å²) in [6.07, 6.45) is 5.20. The van der Waals surface area contributed by atoms with Gasteiger partial charge in [0.2, 0.25) is 5.91 Å². The van der Waals surface area contributed by atoms with Gasteiger partial charge in [-0.05, 0) is 37.5 Å². The van der Waals surface area contributed by atoms with Crippen LogP contribution in [0, 0.1) is 5.41 Å². The number of rotatable bonds is 1. The topological polar surface area (TPSA) is 46.3 Å². The number of hydrogen-bond donors (Lipinski definition) is 1. The Balaban J connectivity index is 0.00000128. The fourth-order valence-electron chi connectivity index (χ4n) is 2.29. The van der Waals surface area contributed by atoms with Crippen LogP contribution in [-0.4, -0.2) is 29.4 Å². The molecule has 0 spiro atoms.